The number of carbonyl (C=O) groups is 2. The normalized spacial score (nSPS) is 18.1. The van der Waals surface area contributed by atoms with Crippen molar-refractivity contribution in [3.8, 4) is 6.07 Å². The van der Waals surface area contributed by atoms with Gasteiger partial charge in [0.05, 0.1) is 23.5 Å². The molecule has 2 N–H and O–H groups in total. The molecule has 0 aromatic heterocycles. The molecule has 25 heavy (non-hydrogen) atoms. The van der Waals surface area contributed by atoms with E-state index in [0.29, 0.717) is 29.2 Å². The second-order valence-electron chi connectivity index (χ2n) is 5.97. The molecule has 0 radical (unpaired) electrons. The van der Waals surface area contributed by atoms with Gasteiger partial charge in [-0.2, -0.15) is 5.26 Å². The Morgan fingerprint density at radius 1 is 1.04 bits per heavy atom. The van der Waals surface area contributed by atoms with Crippen molar-refractivity contribution in [2.75, 3.05) is 5.32 Å². The van der Waals surface area contributed by atoms with Crippen LogP contribution in [0.15, 0.2) is 48.5 Å². The summed E-state index contributed by atoms with van der Waals surface area (Å²) in [7, 11) is 0. The number of halogens is 1. The first-order valence-corrected chi connectivity index (χ1v) is 8.28. The number of nitrogens with zero attached hydrogens (tertiary/aromatic N) is 1. The van der Waals surface area contributed by atoms with Gasteiger partial charge in [-0.05, 0) is 48.4 Å². The van der Waals surface area contributed by atoms with Crippen molar-refractivity contribution < 1.29 is 9.59 Å². The van der Waals surface area contributed by atoms with E-state index in [0.717, 1.165) is 5.56 Å². The number of nitriles is 1. The number of nitrogens with one attached hydrogen (secondary N) is 2. The standard InChI is InChI=1S/C19H16ClN3O2/c20-14-5-1-13(2-6-14)11-22-18(24)16-9-17(16)19(25)23-15-7-3-12(10-21)4-8-15/h1-8,16-17H,9,11H2,(H,22,24)(H,23,25). The van der Waals surface area contributed by atoms with Crippen molar-refractivity contribution in [2.24, 2.45) is 11.8 Å². The van der Waals surface area contributed by atoms with Gasteiger partial charge in [0.2, 0.25) is 11.8 Å². The van der Waals surface area contributed by atoms with E-state index in [1.165, 1.54) is 0 Å². The summed E-state index contributed by atoms with van der Waals surface area (Å²) >= 11 is 5.82. The third kappa shape index (κ3) is 4.37. The van der Waals surface area contributed by atoms with Gasteiger partial charge in [0.1, 0.15) is 0 Å². The SMILES string of the molecule is N#Cc1ccc(NC(=O)C2CC2C(=O)NCc2ccc(Cl)cc2)cc1. The van der Waals surface area contributed by atoms with Crippen LogP contribution in [0.2, 0.25) is 5.02 Å². The smallest absolute Gasteiger partial charge is 0.228 e. The summed E-state index contributed by atoms with van der Waals surface area (Å²) in [4.78, 5) is 24.3. The second kappa shape index (κ2) is 7.37. The van der Waals surface area contributed by atoms with Crippen LogP contribution in [0.1, 0.15) is 17.5 Å². The molecule has 1 aliphatic rings. The van der Waals surface area contributed by atoms with E-state index in [4.69, 9.17) is 16.9 Å². The molecule has 0 aliphatic heterocycles. The van der Waals surface area contributed by atoms with Crippen LogP contribution in [0.25, 0.3) is 0 Å². The Hall–Kier alpha value is -2.84. The zero-order valence-corrected chi connectivity index (χ0v) is 14.1. The largest absolute Gasteiger partial charge is 0.352 e. The molecular formula is C19H16ClN3O2. The average molecular weight is 354 g/mol. The molecule has 1 fully saturated rings. The second-order valence-corrected chi connectivity index (χ2v) is 6.41. The van der Waals surface area contributed by atoms with E-state index in [1.54, 1.807) is 36.4 Å². The molecule has 0 saturated heterocycles. The first-order valence-electron chi connectivity index (χ1n) is 7.90. The molecule has 0 bridgehead atoms. The molecule has 1 saturated carbocycles. The topological polar surface area (TPSA) is 82.0 Å². The Kier molecular flexibility index (Phi) is 5.01. The van der Waals surface area contributed by atoms with E-state index >= 15 is 0 Å². The lowest BCUT2D eigenvalue weighted by Gasteiger charge is -2.06. The van der Waals surface area contributed by atoms with E-state index < -0.39 is 0 Å². The van der Waals surface area contributed by atoms with E-state index in [1.807, 2.05) is 18.2 Å². The maximum Gasteiger partial charge on any atom is 0.228 e. The van der Waals surface area contributed by atoms with Crippen LogP contribution >= 0.6 is 11.6 Å². The molecule has 126 valence electrons. The van der Waals surface area contributed by atoms with Crippen LogP contribution < -0.4 is 10.6 Å². The summed E-state index contributed by atoms with van der Waals surface area (Å²) in [6.07, 6.45) is 0.550. The van der Waals surface area contributed by atoms with Gasteiger partial charge in [-0.25, -0.2) is 0 Å². The minimum absolute atomic E-state index is 0.116. The Morgan fingerprint density at radius 3 is 2.32 bits per heavy atom. The molecule has 2 amide bonds. The maximum atomic E-state index is 12.2. The van der Waals surface area contributed by atoms with Gasteiger partial charge < -0.3 is 10.6 Å². The molecule has 2 aromatic rings. The van der Waals surface area contributed by atoms with Crippen LogP contribution in [-0.4, -0.2) is 11.8 Å². The highest BCUT2D eigenvalue weighted by Crippen LogP contribution is 2.39. The van der Waals surface area contributed by atoms with Crippen LogP contribution in [0.4, 0.5) is 5.69 Å². The van der Waals surface area contributed by atoms with Crippen molar-refractivity contribution in [1.82, 2.24) is 5.32 Å². The Balaban J connectivity index is 1.47. The minimum Gasteiger partial charge on any atom is -0.352 e. The summed E-state index contributed by atoms with van der Waals surface area (Å²) in [5.41, 5.74) is 2.11. The molecule has 1 aliphatic carbocycles. The van der Waals surface area contributed by atoms with Gasteiger partial charge in [0, 0.05) is 17.3 Å². The molecule has 2 atom stereocenters. The summed E-state index contributed by atoms with van der Waals surface area (Å²) in [6.45, 7) is 0.413. The fourth-order valence-corrected chi connectivity index (χ4v) is 2.69. The minimum atomic E-state index is -0.305. The fraction of sp³-hybridized carbons (Fsp3) is 0.211. The van der Waals surface area contributed by atoms with Crippen LogP contribution in [0.5, 0.6) is 0 Å². The van der Waals surface area contributed by atoms with E-state index in [9.17, 15) is 9.59 Å². The van der Waals surface area contributed by atoms with Gasteiger partial charge in [0.15, 0.2) is 0 Å². The lowest BCUT2D eigenvalue weighted by Crippen LogP contribution is -2.27. The van der Waals surface area contributed by atoms with E-state index in [2.05, 4.69) is 10.6 Å². The van der Waals surface area contributed by atoms with Gasteiger partial charge in [-0.15, -0.1) is 0 Å². The van der Waals surface area contributed by atoms with Gasteiger partial charge in [-0.1, -0.05) is 23.7 Å². The summed E-state index contributed by atoms with van der Waals surface area (Å²) in [5.74, 6) is -0.877. The van der Waals surface area contributed by atoms with Crippen LogP contribution in [-0.2, 0) is 16.1 Å². The highest BCUT2D eigenvalue weighted by molar-refractivity contribution is 6.30. The van der Waals surface area contributed by atoms with Crippen LogP contribution in [0, 0.1) is 23.2 Å². The van der Waals surface area contributed by atoms with Crippen molar-refractivity contribution in [2.45, 2.75) is 13.0 Å². The number of hydrogen-bond acceptors (Lipinski definition) is 3. The molecule has 0 spiro atoms. The predicted molar refractivity (Wildman–Crippen MR) is 94.7 cm³/mol. The highest BCUT2D eigenvalue weighted by Gasteiger charge is 2.47. The molecular weight excluding hydrogens is 338 g/mol. The predicted octanol–water partition coefficient (Wildman–Crippen LogP) is 3.10. The Morgan fingerprint density at radius 2 is 1.68 bits per heavy atom. The fourth-order valence-electron chi connectivity index (χ4n) is 2.56. The summed E-state index contributed by atoms with van der Waals surface area (Å²) < 4.78 is 0. The zero-order valence-electron chi connectivity index (χ0n) is 13.3. The monoisotopic (exact) mass is 353 g/mol. The van der Waals surface area contributed by atoms with Gasteiger partial charge in [0.25, 0.3) is 0 Å². The van der Waals surface area contributed by atoms with Gasteiger partial charge >= 0.3 is 0 Å². The van der Waals surface area contributed by atoms with Crippen LogP contribution in [0.3, 0.4) is 0 Å². The Bertz CT molecular complexity index is 825. The number of carbonyl (C=O) groups excluding carboxylic acids is 2. The molecule has 2 unspecified atom stereocenters. The third-order valence-corrected chi connectivity index (χ3v) is 4.38. The zero-order chi connectivity index (χ0) is 17.8. The number of anilines is 1. The molecule has 2 aromatic carbocycles. The number of rotatable bonds is 5. The number of hydrogen-bond donors (Lipinski definition) is 2. The first kappa shape index (κ1) is 17.0. The summed E-state index contributed by atoms with van der Waals surface area (Å²) in [5, 5.41) is 15.0. The molecule has 6 heteroatoms. The quantitative estimate of drug-likeness (QED) is 0.866. The Labute approximate surface area is 150 Å². The number of benzene rings is 2. The van der Waals surface area contributed by atoms with Crippen molar-refractivity contribution in [1.29, 1.82) is 5.26 Å². The molecule has 5 nitrogen and oxygen atoms in total. The highest BCUT2D eigenvalue weighted by atomic mass is 35.5. The average Bonchev–Trinajstić information content (AvgIpc) is 3.43. The number of amides is 2. The molecule has 3 rings (SSSR count). The third-order valence-electron chi connectivity index (χ3n) is 4.13. The van der Waals surface area contributed by atoms with Crippen molar-refractivity contribution in [3.63, 3.8) is 0 Å². The lowest BCUT2D eigenvalue weighted by molar-refractivity contribution is -0.125. The summed E-state index contributed by atoms with van der Waals surface area (Å²) in [6, 6.07) is 15.9. The maximum absolute atomic E-state index is 12.2. The lowest BCUT2D eigenvalue weighted by atomic mass is 10.2. The molecule has 0 heterocycles. The van der Waals surface area contributed by atoms with E-state index in [-0.39, 0.29) is 23.7 Å². The van der Waals surface area contributed by atoms with Crippen molar-refractivity contribution >= 4 is 29.1 Å². The first-order chi connectivity index (χ1) is 12.1. The van der Waals surface area contributed by atoms with Crippen molar-refractivity contribution in [3.05, 3.63) is 64.7 Å². The van der Waals surface area contributed by atoms with Gasteiger partial charge in [-0.3, -0.25) is 9.59 Å².